The highest BCUT2D eigenvalue weighted by molar-refractivity contribution is 5.89. The standard InChI is InChI=1S/C21H17FN6O4/c1-2-27-20(30)16(25-28(21(27)31)15-10-8-14(22)9-11-15)17-24-19(32-26-17)18(29)23-12-13-6-4-3-5-7-13/h3-11H,2,12H2,1H3,(H,23,29). The van der Waals surface area contributed by atoms with Crippen molar-refractivity contribution in [3.63, 3.8) is 0 Å². The molecule has 4 rings (SSSR count). The number of rotatable bonds is 6. The second-order valence-electron chi connectivity index (χ2n) is 6.66. The second-order valence-corrected chi connectivity index (χ2v) is 6.66. The van der Waals surface area contributed by atoms with Crippen molar-refractivity contribution in [2.24, 2.45) is 0 Å². The molecule has 0 saturated heterocycles. The number of halogens is 1. The molecule has 32 heavy (non-hydrogen) atoms. The topological polar surface area (TPSA) is 125 Å². The Bertz CT molecular complexity index is 1380. The molecule has 4 aromatic rings. The summed E-state index contributed by atoms with van der Waals surface area (Å²) in [6.45, 7) is 1.91. The monoisotopic (exact) mass is 436 g/mol. The van der Waals surface area contributed by atoms with Crippen molar-refractivity contribution in [2.45, 2.75) is 20.0 Å². The summed E-state index contributed by atoms with van der Waals surface area (Å²) in [6.07, 6.45) is 0. The number of nitrogens with zero attached hydrogens (tertiary/aromatic N) is 5. The first kappa shape index (κ1) is 20.8. The van der Waals surface area contributed by atoms with Gasteiger partial charge in [-0.15, -0.1) is 0 Å². The molecule has 0 unspecified atom stereocenters. The number of carbonyl (C=O) groups excluding carboxylic acids is 1. The Morgan fingerprint density at radius 3 is 2.50 bits per heavy atom. The maximum absolute atomic E-state index is 13.3. The third kappa shape index (κ3) is 4.08. The van der Waals surface area contributed by atoms with E-state index < -0.39 is 23.0 Å². The van der Waals surface area contributed by atoms with Gasteiger partial charge in [0.05, 0.1) is 5.69 Å². The molecule has 0 saturated carbocycles. The molecule has 0 atom stereocenters. The van der Waals surface area contributed by atoms with Crippen LogP contribution in [0.3, 0.4) is 0 Å². The number of carbonyl (C=O) groups is 1. The highest BCUT2D eigenvalue weighted by Gasteiger charge is 2.22. The van der Waals surface area contributed by atoms with Gasteiger partial charge < -0.3 is 9.84 Å². The largest absolute Gasteiger partial charge is 0.352 e. The third-order valence-corrected chi connectivity index (χ3v) is 4.58. The quantitative estimate of drug-likeness (QED) is 0.486. The van der Waals surface area contributed by atoms with Crippen molar-refractivity contribution in [3.8, 4) is 17.2 Å². The molecule has 0 aliphatic rings. The van der Waals surface area contributed by atoms with Gasteiger partial charge in [0.15, 0.2) is 5.69 Å². The molecule has 0 radical (unpaired) electrons. The van der Waals surface area contributed by atoms with Crippen LogP contribution < -0.4 is 16.6 Å². The summed E-state index contributed by atoms with van der Waals surface area (Å²) in [5.41, 5.74) is -0.629. The molecule has 1 amide bonds. The number of benzene rings is 2. The first-order valence-electron chi connectivity index (χ1n) is 9.64. The van der Waals surface area contributed by atoms with E-state index in [0.29, 0.717) is 0 Å². The Morgan fingerprint density at radius 2 is 1.81 bits per heavy atom. The zero-order valence-electron chi connectivity index (χ0n) is 16.9. The van der Waals surface area contributed by atoms with Crippen molar-refractivity contribution >= 4 is 5.91 Å². The van der Waals surface area contributed by atoms with Crippen LogP contribution in [-0.2, 0) is 13.1 Å². The lowest BCUT2D eigenvalue weighted by atomic mass is 10.2. The van der Waals surface area contributed by atoms with E-state index in [-0.39, 0.29) is 36.2 Å². The van der Waals surface area contributed by atoms with E-state index in [1.807, 2.05) is 30.3 Å². The second kappa shape index (κ2) is 8.76. The summed E-state index contributed by atoms with van der Waals surface area (Å²) in [6, 6.07) is 14.2. The zero-order valence-corrected chi connectivity index (χ0v) is 16.9. The molecule has 0 spiro atoms. The number of aromatic nitrogens is 5. The molecule has 1 N–H and O–H groups in total. The van der Waals surface area contributed by atoms with Crippen LogP contribution >= 0.6 is 0 Å². The Hall–Kier alpha value is -4.41. The van der Waals surface area contributed by atoms with Gasteiger partial charge in [-0.1, -0.05) is 35.5 Å². The fraction of sp³-hybridized carbons (Fsp3) is 0.143. The fourth-order valence-corrected chi connectivity index (χ4v) is 2.95. The molecule has 0 fully saturated rings. The number of hydrogen-bond acceptors (Lipinski definition) is 7. The van der Waals surface area contributed by atoms with Crippen molar-refractivity contribution in [3.05, 3.63) is 92.7 Å². The van der Waals surface area contributed by atoms with Crippen molar-refractivity contribution in [1.29, 1.82) is 0 Å². The third-order valence-electron chi connectivity index (χ3n) is 4.58. The Morgan fingerprint density at radius 1 is 1.09 bits per heavy atom. The van der Waals surface area contributed by atoms with Crippen LogP contribution in [0, 0.1) is 5.82 Å². The van der Waals surface area contributed by atoms with Crippen LogP contribution in [0.1, 0.15) is 23.2 Å². The van der Waals surface area contributed by atoms with Crippen LogP contribution in [0.15, 0.2) is 68.7 Å². The van der Waals surface area contributed by atoms with Gasteiger partial charge in [0.2, 0.25) is 5.82 Å². The normalized spacial score (nSPS) is 10.8. The predicted molar refractivity (Wildman–Crippen MR) is 111 cm³/mol. The first-order chi connectivity index (χ1) is 15.5. The lowest BCUT2D eigenvalue weighted by Crippen LogP contribution is -2.41. The molecule has 2 aromatic carbocycles. The summed E-state index contributed by atoms with van der Waals surface area (Å²) in [4.78, 5) is 41.7. The average Bonchev–Trinajstić information content (AvgIpc) is 3.30. The van der Waals surface area contributed by atoms with Gasteiger partial charge in [0.25, 0.3) is 5.56 Å². The minimum absolute atomic E-state index is 0.0522. The van der Waals surface area contributed by atoms with E-state index in [4.69, 9.17) is 4.52 Å². The summed E-state index contributed by atoms with van der Waals surface area (Å²) in [5, 5.41) is 10.4. The van der Waals surface area contributed by atoms with Crippen LogP contribution in [0.4, 0.5) is 4.39 Å². The van der Waals surface area contributed by atoms with Gasteiger partial charge in [0, 0.05) is 13.1 Å². The Kier molecular flexibility index (Phi) is 5.71. The summed E-state index contributed by atoms with van der Waals surface area (Å²) in [5.74, 6) is -1.73. The smallest absolute Gasteiger partial charge is 0.344 e. The molecule has 10 nitrogen and oxygen atoms in total. The fourth-order valence-electron chi connectivity index (χ4n) is 2.95. The number of amides is 1. The maximum atomic E-state index is 13.3. The Labute approximate surface area is 179 Å². The van der Waals surface area contributed by atoms with Crippen molar-refractivity contribution < 1.29 is 13.7 Å². The van der Waals surface area contributed by atoms with Crippen LogP contribution in [0.25, 0.3) is 17.2 Å². The summed E-state index contributed by atoms with van der Waals surface area (Å²) in [7, 11) is 0. The van der Waals surface area contributed by atoms with E-state index in [9.17, 15) is 18.8 Å². The molecular formula is C21H17FN6O4. The molecule has 0 bridgehead atoms. The van der Waals surface area contributed by atoms with E-state index >= 15 is 0 Å². The zero-order chi connectivity index (χ0) is 22.7. The molecule has 2 heterocycles. The highest BCUT2D eigenvalue weighted by atomic mass is 19.1. The van der Waals surface area contributed by atoms with Gasteiger partial charge in [-0.25, -0.2) is 9.18 Å². The SMILES string of the molecule is CCn1c(=O)c(-c2noc(C(=O)NCc3ccccc3)n2)nn(-c2ccc(F)cc2)c1=O. The van der Waals surface area contributed by atoms with Gasteiger partial charge in [-0.2, -0.15) is 14.8 Å². The molecule has 2 aromatic heterocycles. The van der Waals surface area contributed by atoms with E-state index in [1.54, 1.807) is 6.92 Å². The number of hydrogen-bond donors (Lipinski definition) is 1. The molecule has 162 valence electrons. The van der Waals surface area contributed by atoms with E-state index in [2.05, 4.69) is 20.6 Å². The summed E-state index contributed by atoms with van der Waals surface area (Å²) < 4.78 is 20.1. The lowest BCUT2D eigenvalue weighted by molar-refractivity contribution is 0.0907. The first-order valence-corrected chi connectivity index (χ1v) is 9.64. The highest BCUT2D eigenvalue weighted by Crippen LogP contribution is 2.11. The van der Waals surface area contributed by atoms with Crippen LogP contribution in [0.2, 0.25) is 0 Å². The van der Waals surface area contributed by atoms with Crippen LogP contribution in [0.5, 0.6) is 0 Å². The molecule has 11 heteroatoms. The maximum Gasteiger partial charge on any atom is 0.352 e. The average molecular weight is 436 g/mol. The molecular weight excluding hydrogens is 419 g/mol. The lowest BCUT2D eigenvalue weighted by Gasteiger charge is -2.09. The number of nitrogens with one attached hydrogen (secondary N) is 1. The van der Waals surface area contributed by atoms with E-state index in [1.165, 1.54) is 12.1 Å². The van der Waals surface area contributed by atoms with Gasteiger partial charge in [0.1, 0.15) is 5.82 Å². The van der Waals surface area contributed by atoms with Crippen molar-refractivity contribution in [2.75, 3.05) is 0 Å². The van der Waals surface area contributed by atoms with Gasteiger partial charge in [-0.3, -0.25) is 14.2 Å². The van der Waals surface area contributed by atoms with Gasteiger partial charge in [-0.05, 0) is 36.8 Å². The summed E-state index contributed by atoms with van der Waals surface area (Å²) >= 11 is 0. The molecule has 0 aliphatic carbocycles. The minimum atomic E-state index is -0.743. The van der Waals surface area contributed by atoms with Crippen LogP contribution in [-0.4, -0.2) is 30.4 Å². The van der Waals surface area contributed by atoms with Gasteiger partial charge >= 0.3 is 17.5 Å². The predicted octanol–water partition coefficient (Wildman–Crippen LogP) is 1.53. The molecule has 0 aliphatic heterocycles. The Balaban J connectivity index is 1.68. The van der Waals surface area contributed by atoms with E-state index in [0.717, 1.165) is 26.9 Å². The minimum Gasteiger partial charge on any atom is -0.344 e. The van der Waals surface area contributed by atoms with Crippen molar-refractivity contribution in [1.82, 2.24) is 29.8 Å².